The molecule has 106 valence electrons. The third-order valence-electron chi connectivity index (χ3n) is 3.46. The molecule has 1 N–H and O–H groups in total. The molecular weight excluding hydrogens is 242 g/mol. The zero-order valence-electron chi connectivity index (χ0n) is 12.0. The van der Waals surface area contributed by atoms with E-state index in [0.29, 0.717) is 24.4 Å². The van der Waals surface area contributed by atoms with Gasteiger partial charge in [0.05, 0.1) is 6.61 Å². The summed E-state index contributed by atoms with van der Waals surface area (Å²) in [7, 11) is 0. The average Bonchev–Trinajstić information content (AvgIpc) is 2.39. The molecule has 0 amide bonds. The molecule has 0 bridgehead atoms. The van der Waals surface area contributed by atoms with Crippen LogP contribution in [0.2, 0.25) is 0 Å². The number of rotatable bonds is 5. The first kappa shape index (κ1) is 14.1. The minimum atomic E-state index is 0.382. The summed E-state index contributed by atoms with van der Waals surface area (Å²) in [5, 5.41) is 3.46. The molecule has 0 aromatic carbocycles. The number of aryl methyl sites for hydroxylation is 1. The summed E-state index contributed by atoms with van der Waals surface area (Å²) < 4.78 is 10.8. The summed E-state index contributed by atoms with van der Waals surface area (Å²) in [5.74, 6) is 2.85. The Kier molecular flexibility index (Phi) is 4.96. The van der Waals surface area contributed by atoms with E-state index in [0.717, 1.165) is 37.7 Å². The predicted octanol–water partition coefficient (Wildman–Crippen LogP) is 2.41. The van der Waals surface area contributed by atoms with Crippen LogP contribution in [0.5, 0.6) is 5.88 Å². The van der Waals surface area contributed by atoms with Crippen molar-refractivity contribution in [2.45, 2.75) is 39.7 Å². The number of aromatic nitrogens is 2. The summed E-state index contributed by atoms with van der Waals surface area (Å²) in [4.78, 5) is 8.67. The molecule has 5 heteroatoms. The maximum absolute atomic E-state index is 5.44. The molecule has 5 nitrogen and oxygen atoms in total. The third-order valence-corrected chi connectivity index (χ3v) is 3.46. The van der Waals surface area contributed by atoms with E-state index < -0.39 is 0 Å². The van der Waals surface area contributed by atoms with Crippen molar-refractivity contribution in [1.29, 1.82) is 0 Å². The van der Waals surface area contributed by atoms with Gasteiger partial charge in [0.1, 0.15) is 11.6 Å². The molecule has 2 heterocycles. The predicted molar refractivity (Wildman–Crippen MR) is 74.6 cm³/mol. The lowest BCUT2D eigenvalue weighted by molar-refractivity contribution is 0.0622. The summed E-state index contributed by atoms with van der Waals surface area (Å²) >= 11 is 0. The van der Waals surface area contributed by atoms with Crippen LogP contribution < -0.4 is 10.1 Å². The van der Waals surface area contributed by atoms with Crippen molar-refractivity contribution >= 4 is 5.82 Å². The Morgan fingerprint density at radius 2 is 2.16 bits per heavy atom. The Morgan fingerprint density at radius 1 is 1.42 bits per heavy atom. The third kappa shape index (κ3) is 4.06. The van der Waals surface area contributed by atoms with Crippen LogP contribution in [0.25, 0.3) is 0 Å². The largest absolute Gasteiger partial charge is 0.478 e. The van der Waals surface area contributed by atoms with E-state index >= 15 is 0 Å². The molecule has 0 radical (unpaired) electrons. The van der Waals surface area contributed by atoms with E-state index in [-0.39, 0.29) is 0 Å². The molecule has 1 atom stereocenters. The molecule has 0 spiro atoms. The Morgan fingerprint density at radius 3 is 2.84 bits per heavy atom. The molecule has 1 aromatic heterocycles. The smallest absolute Gasteiger partial charge is 0.218 e. The highest BCUT2D eigenvalue weighted by Gasteiger charge is 2.20. The van der Waals surface area contributed by atoms with E-state index in [1.165, 1.54) is 0 Å². The topological polar surface area (TPSA) is 56.3 Å². The summed E-state index contributed by atoms with van der Waals surface area (Å²) in [5.41, 5.74) is 0. The second-order valence-corrected chi connectivity index (χ2v) is 4.95. The quantitative estimate of drug-likeness (QED) is 0.886. The van der Waals surface area contributed by atoms with Gasteiger partial charge in [-0.1, -0.05) is 0 Å². The fourth-order valence-electron chi connectivity index (χ4n) is 2.40. The molecule has 1 unspecified atom stereocenters. The Bertz CT molecular complexity index is 406. The highest BCUT2D eigenvalue weighted by Crippen LogP contribution is 2.22. The molecule has 0 saturated carbocycles. The minimum Gasteiger partial charge on any atom is -0.478 e. The van der Waals surface area contributed by atoms with Crippen LogP contribution in [0.4, 0.5) is 5.82 Å². The van der Waals surface area contributed by atoms with Crippen molar-refractivity contribution in [3.05, 3.63) is 11.9 Å². The monoisotopic (exact) mass is 265 g/mol. The van der Waals surface area contributed by atoms with Gasteiger partial charge in [0.25, 0.3) is 0 Å². The number of nitrogens with one attached hydrogen (secondary N) is 1. The Balaban J connectivity index is 2.00. The molecule has 19 heavy (non-hydrogen) atoms. The van der Waals surface area contributed by atoms with Gasteiger partial charge in [-0.25, -0.2) is 4.98 Å². The minimum absolute atomic E-state index is 0.382. The molecule has 2 rings (SSSR count). The number of nitrogens with zero attached hydrogens (tertiary/aromatic N) is 2. The standard InChI is InChI=1S/C14H23N3O2/c1-4-19-14-9-13(16-11(3)17-14)15-10(2)12-5-7-18-8-6-12/h9-10,12H,4-8H2,1-3H3,(H,15,16,17). The first-order valence-electron chi connectivity index (χ1n) is 7.01. The second kappa shape index (κ2) is 6.70. The number of hydrogen-bond donors (Lipinski definition) is 1. The lowest BCUT2D eigenvalue weighted by Crippen LogP contribution is -2.31. The van der Waals surface area contributed by atoms with Crippen molar-refractivity contribution < 1.29 is 9.47 Å². The molecule has 0 aliphatic carbocycles. The van der Waals surface area contributed by atoms with Crippen LogP contribution in [0.15, 0.2) is 6.07 Å². The van der Waals surface area contributed by atoms with Gasteiger partial charge < -0.3 is 14.8 Å². The summed E-state index contributed by atoms with van der Waals surface area (Å²) in [6.45, 7) is 8.38. The van der Waals surface area contributed by atoms with Gasteiger partial charge in [-0.2, -0.15) is 4.98 Å². The molecule has 1 fully saturated rings. The zero-order valence-corrected chi connectivity index (χ0v) is 12.0. The molecule has 1 saturated heterocycles. The van der Waals surface area contributed by atoms with Gasteiger partial charge in [0.15, 0.2) is 0 Å². The van der Waals surface area contributed by atoms with Crippen LogP contribution in [0.3, 0.4) is 0 Å². The van der Waals surface area contributed by atoms with Gasteiger partial charge in [-0.15, -0.1) is 0 Å². The van der Waals surface area contributed by atoms with Crippen molar-refractivity contribution in [2.75, 3.05) is 25.1 Å². The molecule has 1 aromatic rings. The number of hydrogen-bond acceptors (Lipinski definition) is 5. The zero-order chi connectivity index (χ0) is 13.7. The first-order chi connectivity index (χ1) is 9.19. The average molecular weight is 265 g/mol. The van der Waals surface area contributed by atoms with E-state index in [9.17, 15) is 0 Å². The van der Waals surface area contributed by atoms with E-state index in [1.807, 2.05) is 19.9 Å². The second-order valence-electron chi connectivity index (χ2n) is 4.95. The highest BCUT2D eigenvalue weighted by atomic mass is 16.5. The van der Waals surface area contributed by atoms with Gasteiger partial charge in [-0.3, -0.25) is 0 Å². The van der Waals surface area contributed by atoms with Gasteiger partial charge >= 0.3 is 0 Å². The van der Waals surface area contributed by atoms with E-state index in [1.54, 1.807) is 0 Å². The highest BCUT2D eigenvalue weighted by molar-refractivity contribution is 5.39. The van der Waals surface area contributed by atoms with Crippen LogP contribution in [0.1, 0.15) is 32.5 Å². The van der Waals surface area contributed by atoms with E-state index in [4.69, 9.17) is 9.47 Å². The lowest BCUT2D eigenvalue weighted by atomic mass is 9.93. The van der Waals surface area contributed by atoms with Crippen molar-refractivity contribution in [3.63, 3.8) is 0 Å². The molecule has 1 aliphatic rings. The SMILES string of the molecule is CCOc1cc(NC(C)C2CCOCC2)nc(C)n1. The van der Waals surface area contributed by atoms with Crippen LogP contribution >= 0.6 is 0 Å². The first-order valence-corrected chi connectivity index (χ1v) is 7.01. The van der Waals surface area contributed by atoms with Gasteiger partial charge in [-0.05, 0) is 39.5 Å². The summed E-state index contributed by atoms with van der Waals surface area (Å²) in [6, 6.07) is 2.25. The van der Waals surface area contributed by atoms with Gasteiger partial charge in [0, 0.05) is 25.3 Å². The maximum Gasteiger partial charge on any atom is 0.218 e. The fourth-order valence-corrected chi connectivity index (χ4v) is 2.40. The van der Waals surface area contributed by atoms with Crippen LogP contribution in [0, 0.1) is 12.8 Å². The lowest BCUT2D eigenvalue weighted by Gasteiger charge is -2.28. The van der Waals surface area contributed by atoms with Crippen molar-refractivity contribution in [1.82, 2.24) is 9.97 Å². The fraction of sp³-hybridized carbons (Fsp3) is 0.714. The van der Waals surface area contributed by atoms with Crippen LogP contribution in [-0.4, -0.2) is 35.8 Å². The molecular formula is C14H23N3O2. The Hall–Kier alpha value is -1.36. The Labute approximate surface area is 114 Å². The van der Waals surface area contributed by atoms with Crippen LogP contribution in [-0.2, 0) is 4.74 Å². The van der Waals surface area contributed by atoms with E-state index in [2.05, 4.69) is 22.2 Å². The normalized spacial score (nSPS) is 18.1. The van der Waals surface area contributed by atoms with Gasteiger partial charge in [0.2, 0.25) is 5.88 Å². The summed E-state index contributed by atoms with van der Waals surface area (Å²) in [6.07, 6.45) is 2.22. The molecule has 1 aliphatic heterocycles. The maximum atomic E-state index is 5.44. The number of ether oxygens (including phenoxy) is 2. The van der Waals surface area contributed by atoms with Crippen molar-refractivity contribution in [3.8, 4) is 5.88 Å². The van der Waals surface area contributed by atoms with Crippen molar-refractivity contribution in [2.24, 2.45) is 5.92 Å². The number of anilines is 1.